The molecule has 0 atom stereocenters. The fourth-order valence-corrected chi connectivity index (χ4v) is 3.10. The van der Waals surface area contributed by atoms with E-state index in [-0.39, 0.29) is 5.91 Å². The van der Waals surface area contributed by atoms with Gasteiger partial charge in [-0.15, -0.1) is 11.3 Å². The Morgan fingerprint density at radius 1 is 1.14 bits per heavy atom. The molecule has 1 heterocycles. The predicted octanol–water partition coefficient (Wildman–Crippen LogP) is 3.58. The van der Waals surface area contributed by atoms with Gasteiger partial charge in [-0.2, -0.15) is 0 Å². The molecular weight excluding hydrogens is 292 g/mol. The van der Waals surface area contributed by atoms with Crippen LogP contribution in [0, 0.1) is 6.92 Å². The minimum Gasteiger partial charge on any atom is -0.332 e. The molecule has 3 nitrogen and oxygen atoms in total. The quantitative estimate of drug-likeness (QED) is 0.847. The Morgan fingerprint density at radius 3 is 2.45 bits per heavy atom. The Morgan fingerprint density at radius 2 is 1.86 bits per heavy atom. The first kappa shape index (κ1) is 16.7. The van der Waals surface area contributed by atoms with Crippen LogP contribution in [0.15, 0.2) is 42.5 Å². The molecule has 4 heteroatoms. The molecule has 0 spiro atoms. The molecule has 22 heavy (non-hydrogen) atoms. The Labute approximate surface area is 137 Å². The number of carbonyl (C=O) groups excluding carboxylic acids is 1. The van der Waals surface area contributed by atoms with Gasteiger partial charge in [-0.05, 0) is 24.6 Å². The van der Waals surface area contributed by atoms with Crippen LogP contribution < -0.4 is 5.32 Å². The van der Waals surface area contributed by atoms with Crippen LogP contribution in [0.25, 0.3) is 0 Å². The summed E-state index contributed by atoms with van der Waals surface area (Å²) in [6.45, 7) is 7.91. The van der Waals surface area contributed by atoms with Crippen LogP contribution in [0.5, 0.6) is 0 Å². The number of benzene rings is 1. The number of nitrogens with zero attached hydrogens (tertiary/aromatic N) is 1. The van der Waals surface area contributed by atoms with E-state index in [4.69, 9.17) is 0 Å². The van der Waals surface area contributed by atoms with Gasteiger partial charge in [0.1, 0.15) is 0 Å². The second-order valence-electron chi connectivity index (χ2n) is 5.78. The Bertz CT molecular complexity index is 592. The molecule has 1 N–H and O–H groups in total. The van der Waals surface area contributed by atoms with E-state index in [9.17, 15) is 4.79 Å². The number of carbonyl (C=O) groups is 1. The van der Waals surface area contributed by atoms with Gasteiger partial charge in [0.2, 0.25) is 5.91 Å². The fraction of sp³-hybridized carbons (Fsp3) is 0.389. The molecule has 1 amide bonds. The molecule has 2 aromatic rings. The van der Waals surface area contributed by atoms with Crippen molar-refractivity contribution >= 4 is 17.2 Å². The average Bonchev–Trinajstić information content (AvgIpc) is 2.90. The molecule has 0 aliphatic carbocycles. The fourth-order valence-electron chi connectivity index (χ4n) is 2.20. The number of hydrogen-bond acceptors (Lipinski definition) is 3. The molecule has 0 saturated heterocycles. The highest BCUT2D eigenvalue weighted by Crippen LogP contribution is 2.18. The summed E-state index contributed by atoms with van der Waals surface area (Å²) < 4.78 is 0. The van der Waals surface area contributed by atoms with Gasteiger partial charge in [-0.1, -0.05) is 44.2 Å². The summed E-state index contributed by atoms with van der Waals surface area (Å²) in [7, 11) is 0. The van der Waals surface area contributed by atoms with Crippen molar-refractivity contribution in [3.8, 4) is 0 Å². The molecule has 1 aromatic heterocycles. The van der Waals surface area contributed by atoms with Crippen molar-refractivity contribution in [2.45, 2.75) is 39.9 Å². The van der Waals surface area contributed by atoms with Gasteiger partial charge < -0.3 is 10.2 Å². The van der Waals surface area contributed by atoms with Crippen molar-refractivity contribution in [3.05, 3.63) is 57.8 Å². The van der Waals surface area contributed by atoms with Crippen LogP contribution in [0.4, 0.5) is 0 Å². The molecule has 0 saturated carbocycles. The zero-order valence-electron chi connectivity index (χ0n) is 13.5. The summed E-state index contributed by atoms with van der Waals surface area (Å²) in [5, 5.41) is 3.21. The first-order chi connectivity index (χ1) is 10.5. The van der Waals surface area contributed by atoms with Gasteiger partial charge in [0, 0.05) is 22.3 Å². The van der Waals surface area contributed by atoms with Crippen molar-refractivity contribution in [1.82, 2.24) is 10.2 Å². The lowest BCUT2D eigenvalue weighted by Crippen LogP contribution is -2.39. The van der Waals surface area contributed by atoms with Crippen LogP contribution in [0.3, 0.4) is 0 Å². The number of rotatable bonds is 7. The smallest absolute Gasteiger partial charge is 0.237 e. The molecule has 118 valence electrons. The third kappa shape index (κ3) is 5.28. The van der Waals surface area contributed by atoms with E-state index in [1.165, 1.54) is 9.75 Å². The number of thiophene rings is 1. The summed E-state index contributed by atoms with van der Waals surface area (Å²) in [6.07, 6.45) is 0. The highest BCUT2D eigenvalue weighted by Gasteiger charge is 2.15. The zero-order valence-corrected chi connectivity index (χ0v) is 14.3. The second kappa shape index (κ2) is 8.11. The number of nitrogens with one attached hydrogen (secondary N) is 1. The van der Waals surface area contributed by atoms with Gasteiger partial charge in [0.15, 0.2) is 0 Å². The van der Waals surface area contributed by atoms with Gasteiger partial charge in [0.25, 0.3) is 0 Å². The summed E-state index contributed by atoms with van der Waals surface area (Å²) in [4.78, 5) is 17.0. The minimum absolute atomic E-state index is 0.142. The molecule has 2 rings (SSSR count). The standard InChI is InChI=1S/C18H24N2OS/c1-14(2)19-11-18(21)20(12-16-7-5-4-6-8-16)13-17-10-9-15(3)22-17/h4-10,14,19H,11-13H2,1-3H3. The highest BCUT2D eigenvalue weighted by atomic mass is 32.1. The Balaban J connectivity index is 2.07. The van der Waals surface area contributed by atoms with Crippen molar-refractivity contribution in [1.29, 1.82) is 0 Å². The zero-order chi connectivity index (χ0) is 15.9. The summed E-state index contributed by atoms with van der Waals surface area (Å²) in [5.41, 5.74) is 1.16. The molecule has 0 unspecified atom stereocenters. The molecule has 0 radical (unpaired) electrons. The van der Waals surface area contributed by atoms with Crippen molar-refractivity contribution < 1.29 is 4.79 Å². The van der Waals surface area contributed by atoms with Crippen LogP contribution in [0.2, 0.25) is 0 Å². The number of amides is 1. The topological polar surface area (TPSA) is 32.3 Å². The number of hydrogen-bond donors (Lipinski definition) is 1. The highest BCUT2D eigenvalue weighted by molar-refractivity contribution is 7.11. The second-order valence-corrected chi connectivity index (χ2v) is 7.16. The minimum atomic E-state index is 0.142. The first-order valence-electron chi connectivity index (χ1n) is 7.65. The maximum atomic E-state index is 12.5. The molecule has 0 bridgehead atoms. The summed E-state index contributed by atoms with van der Waals surface area (Å²) in [5.74, 6) is 0.142. The van der Waals surface area contributed by atoms with E-state index in [0.29, 0.717) is 25.7 Å². The van der Waals surface area contributed by atoms with E-state index in [0.717, 1.165) is 5.56 Å². The summed E-state index contributed by atoms with van der Waals surface area (Å²) >= 11 is 1.75. The normalized spacial score (nSPS) is 10.9. The SMILES string of the molecule is Cc1ccc(CN(Cc2ccccc2)C(=O)CNC(C)C)s1. The van der Waals surface area contributed by atoms with Crippen LogP contribution in [-0.4, -0.2) is 23.4 Å². The van der Waals surface area contributed by atoms with E-state index in [1.54, 1.807) is 11.3 Å². The van der Waals surface area contributed by atoms with E-state index in [1.807, 2.05) is 23.1 Å². The van der Waals surface area contributed by atoms with Crippen molar-refractivity contribution in [2.75, 3.05) is 6.54 Å². The summed E-state index contributed by atoms with van der Waals surface area (Å²) in [6, 6.07) is 14.7. The average molecular weight is 316 g/mol. The van der Waals surface area contributed by atoms with E-state index < -0.39 is 0 Å². The lowest BCUT2D eigenvalue weighted by Gasteiger charge is -2.23. The third-order valence-corrected chi connectivity index (χ3v) is 4.36. The van der Waals surface area contributed by atoms with Crippen LogP contribution >= 0.6 is 11.3 Å². The van der Waals surface area contributed by atoms with Gasteiger partial charge in [-0.25, -0.2) is 0 Å². The Kier molecular flexibility index (Phi) is 6.16. The monoisotopic (exact) mass is 316 g/mol. The molecular formula is C18H24N2OS. The first-order valence-corrected chi connectivity index (χ1v) is 8.46. The predicted molar refractivity (Wildman–Crippen MR) is 92.9 cm³/mol. The van der Waals surface area contributed by atoms with E-state index >= 15 is 0 Å². The van der Waals surface area contributed by atoms with E-state index in [2.05, 4.69) is 50.4 Å². The molecule has 0 aliphatic heterocycles. The van der Waals surface area contributed by atoms with Crippen molar-refractivity contribution in [3.63, 3.8) is 0 Å². The van der Waals surface area contributed by atoms with Gasteiger partial charge >= 0.3 is 0 Å². The lowest BCUT2D eigenvalue weighted by molar-refractivity contribution is -0.131. The largest absolute Gasteiger partial charge is 0.332 e. The maximum absolute atomic E-state index is 12.5. The van der Waals surface area contributed by atoms with Crippen molar-refractivity contribution in [2.24, 2.45) is 0 Å². The van der Waals surface area contributed by atoms with Crippen LogP contribution in [0.1, 0.15) is 29.2 Å². The molecule has 0 fully saturated rings. The molecule has 0 aliphatic rings. The third-order valence-electron chi connectivity index (χ3n) is 3.37. The van der Waals surface area contributed by atoms with Crippen LogP contribution in [-0.2, 0) is 17.9 Å². The molecule has 1 aromatic carbocycles. The lowest BCUT2D eigenvalue weighted by atomic mass is 10.2. The maximum Gasteiger partial charge on any atom is 0.237 e. The number of aryl methyl sites for hydroxylation is 1. The van der Waals surface area contributed by atoms with Gasteiger partial charge in [0.05, 0.1) is 13.1 Å². The van der Waals surface area contributed by atoms with Gasteiger partial charge in [-0.3, -0.25) is 4.79 Å². The Hall–Kier alpha value is -1.65.